The zero-order chi connectivity index (χ0) is 21.6. The molecule has 0 saturated carbocycles. The molecule has 0 heterocycles. The molecule has 6 heteroatoms. The van der Waals surface area contributed by atoms with Crippen LogP contribution in [-0.2, 0) is 9.59 Å². The van der Waals surface area contributed by atoms with E-state index in [9.17, 15) is 9.59 Å². The quantitative estimate of drug-likeness (QED) is 0.179. The van der Waals surface area contributed by atoms with E-state index in [0.29, 0.717) is 12.8 Å². The molecule has 0 aromatic heterocycles. The predicted octanol–water partition coefficient (Wildman–Crippen LogP) is 7.37. The highest BCUT2D eigenvalue weighted by Gasteiger charge is 2.03. The predicted molar refractivity (Wildman–Crippen MR) is 142 cm³/mol. The minimum Gasteiger partial charge on any atom is -0.326 e. The summed E-state index contributed by atoms with van der Waals surface area (Å²) in [7, 11) is 0. The van der Waals surface area contributed by atoms with Gasteiger partial charge in [-0.05, 0) is 107 Å². The van der Waals surface area contributed by atoms with Crippen molar-refractivity contribution in [1.82, 2.24) is 0 Å². The van der Waals surface area contributed by atoms with Gasteiger partial charge in [0, 0.05) is 31.4 Å². The Kier molecular flexibility index (Phi) is 12.4. The fraction of sp³-hybridized carbons (Fsp3) is 0.417. The Labute approximate surface area is 207 Å². The number of hydrogen-bond donors (Lipinski definition) is 2. The number of hydrogen-bond acceptors (Lipinski definition) is 2. The maximum atomic E-state index is 11.9. The lowest BCUT2D eigenvalue weighted by molar-refractivity contribution is -0.117. The Hall–Kier alpha value is -1.16. The number of unbranched alkanes of at least 4 members (excludes halogenated alkanes) is 7. The summed E-state index contributed by atoms with van der Waals surface area (Å²) in [5, 5.41) is 5.89. The second kappa shape index (κ2) is 14.8. The monoisotopic (exact) mass is 632 g/mol. The molecule has 162 valence electrons. The van der Waals surface area contributed by atoms with E-state index in [1.54, 1.807) is 0 Å². The molecule has 0 radical (unpaired) electrons. The average Bonchev–Trinajstić information content (AvgIpc) is 2.73. The Morgan fingerprint density at radius 1 is 0.533 bits per heavy atom. The smallest absolute Gasteiger partial charge is 0.224 e. The lowest BCUT2D eigenvalue weighted by Gasteiger charge is -2.06. The second-order valence-electron chi connectivity index (χ2n) is 7.44. The third-order valence-electron chi connectivity index (χ3n) is 4.81. The highest BCUT2D eigenvalue weighted by molar-refractivity contribution is 14.1. The molecule has 30 heavy (non-hydrogen) atoms. The summed E-state index contributed by atoms with van der Waals surface area (Å²) < 4.78 is 2.33. The van der Waals surface area contributed by atoms with Crippen LogP contribution in [0.5, 0.6) is 0 Å². The molecule has 0 bridgehead atoms. The highest BCUT2D eigenvalue weighted by atomic mass is 127. The first-order valence-corrected chi connectivity index (χ1v) is 12.8. The molecule has 2 aromatic rings. The van der Waals surface area contributed by atoms with E-state index in [1.807, 2.05) is 48.5 Å². The van der Waals surface area contributed by atoms with Crippen molar-refractivity contribution in [2.75, 3.05) is 10.6 Å². The van der Waals surface area contributed by atoms with Crippen molar-refractivity contribution in [2.45, 2.75) is 64.2 Å². The summed E-state index contributed by atoms with van der Waals surface area (Å²) in [5.41, 5.74) is 1.74. The first-order valence-electron chi connectivity index (χ1n) is 10.6. The molecule has 0 aliphatic carbocycles. The molecule has 0 unspecified atom stereocenters. The number of amides is 2. The Morgan fingerprint density at radius 2 is 0.833 bits per heavy atom. The van der Waals surface area contributed by atoms with E-state index >= 15 is 0 Å². The Bertz CT molecular complexity index is 709. The Balaban J connectivity index is 1.40. The second-order valence-corrected chi connectivity index (χ2v) is 9.93. The van der Waals surface area contributed by atoms with Crippen LogP contribution in [0.1, 0.15) is 64.2 Å². The van der Waals surface area contributed by atoms with Crippen molar-refractivity contribution in [3.63, 3.8) is 0 Å². The fourth-order valence-corrected chi connectivity index (χ4v) is 3.86. The van der Waals surface area contributed by atoms with Gasteiger partial charge in [0.05, 0.1) is 0 Å². The van der Waals surface area contributed by atoms with Crippen molar-refractivity contribution in [3.8, 4) is 0 Å². The van der Waals surface area contributed by atoms with E-state index in [4.69, 9.17) is 0 Å². The largest absolute Gasteiger partial charge is 0.326 e. The summed E-state index contributed by atoms with van der Waals surface area (Å²) in [6.07, 6.45) is 9.99. The molecule has 0 aliphatic heterocycles. The van der Waals surface area contributed by atoms with Gasteiger partial charge >= 0.3 is 0 Å². The number of halogens is 2. The van der Waals surface area contributed by atoms with Gasteiger partial charge < -0.3 is 10.6 Å². The van der Waals surface area contributed by atoms with Gasteiger partial charge in [-0.1, -0.05) is 38.5 Å². The number of carbonyl (C=O) groups excluding carboxylic acids is 2. The van der Waals surface area contributed by atoms with Crippen LogP contribution < -0.4 is 10.6 Å². The van der Waals surface area contributed by atoms with Crippen LogP contribution in [0.15, 0.2) is 48.5 Å². The van der Waals surface area contributed by atoms with Crippen molar-refractivity contribution in [2.24, 2.45) is 0 Å². The summed E-state index contributed by atoms with van der Waals surface area (Å²) in [5.74, 6) is 0.194. The molecule has 0 saturated heterocycles. The van der Waals surface area contributed by atoms with Crippen LogP contribution in [0, 0.1) is 7.14 Å². The van der Waals surface area contributed by atoms with Gasteiger partial charge in [0.25, 0.3) is 0 Å². The van der Waals surface area contributed by atoms with Crippen LogP contribution in [0.2, 0.25) is 0 Å². The SMILES string of the molecule is O=C(CCCCCCCCCCC(=O)Nc1ccc(I)cc1)Nc1ccc(I)cc1. The molecular formula is C24H30I2N2O2. The van der Waals surface area contributed by atoms with Gasteiger partial charge in [-0.25, -0.2) is 0 Å². The molecule has 0 spiro atoms. The molecule has 0 aliphatic rings. The van der Waals surface area contributed by atoms with Crippen LogP contribution in [0.25, 0.3) is 0 Å². The summed E-state index contributed by atoms with van der Waals surface area (Å²) >= 11 is 4.51. The lowest BCUT2D eigenvalue weighted by Crippen LogP contribution is -2.11. The van der Waals surface area contributed by atoms with Crippen LogP contribution in [-0.4, -0.2) is 11.8 Å². The van der Waals surface area contributed by atoms with Crippen LogP contribution in [0.3, 0.4) is 0 Å². The fourth-order valence-electron chi connectivity index (χ4n) is 3.15. The molecule has 0 atom stereocenters. The van der Waals surface area contributed by atoms with E-state index in [1.165, 1.54) is 25.7 Å². The number of rotatable bonds is 13. The standard InChI is InChI=1S/C24H30I2N2O2/c25-19-11-15-21(16-12-19)27-23(29)9-7-5-3-1-2-4-6-8-10-24(30)28-22-17-13-20(26)14-18-22/h11-18H,1-10H2,(H,27,29)(H,28,30). The molecule has 4 nitrogen and oxygen atoms in total. The zero-order valence-corrected chi connectivity index (χ0v) is 21.6. The van der Waals surface area contributed by atoms with Gasteiger partial charge in [0.15, 0.2) is 0 Å². The molecule has 2 N–H and O–H groups in total. The number of carbonyl (C=O) groups is 2. The van der Waals surface area contributed by atoms with Crippen molar-refractivity contribution < 1.29 is 9.59 Å². The topological polar surface area (TPSA) is 58.2 Å². The van der Waals surface area contributed by atoms with Gasteiger partial charge in [0.1, 0.15) is 0 Å². The summed E-state index contributed by atoms with van der Waals surface area (Å²) in [4.78, 5) is 23.9. The number of benzene rings is 2. The molecule has 0 fully saturated rings. The third kappa shape index (κ3) is 11.3. The van der Waals surface area contributed by atoms with Gasteiger partial charge in [-0.15, -0.1) is 0 Å². The lowest BCUT2D eigenvalue weighted by atomic mass is 10.1. The minimum atomic E-state index is 0.0970. The normalized spacial score (nSPS) is 10.6. The van der Waals surface area contributed by atoms with E-state index in [2.05, 4.69) is 55.8 Å². The van der Waals surface area contributed by atoms with Crippen molar-refractivity contribution >= 4 is 68.4 Å². The molecule has 2 rings (SSSR count). The summed E-state index contributed by atoms with van der Waals surface area (Å²) in [6.45, 7) is 0. The number of nitrogens with one attached hydrogen (secondary N) is 2. The van der Waals surface area contributed by atoms with Crippen LogP contribution >= 0.6 is 45.2 Å². The average molecular weight is 632 g/mol. The molecular weight excluding hydrogens is 602 g/mol. The maximum Gasteiger partial charge on any atom is 0.224 e. The molecule has 2 aromatic carbocycles. The zero-order valence-electron chi connectivity index (χ0n) is 17.3. The van der Waals surface area contributed by atoms with Crippen molar-refractivity contribution in [3.05, 3.63) is 55.7 Å². The molecule has 2 amide bonds. The Morgan fingerprint density at radius 3 is 1.17 bits per heavy atom. The first-order chi connectivity index (χ1) is 14.5. The van der Waals surface area contributed by atoms with Crippen LogP contribution in [0.4, 0.5) is 11.4 Å². The van der Waals surface area contributed by atoms with Crippen molar-refractivity contribution in [1.29, 1.82) is 0 Å². The van der Waals surface area contributed by atoms with Gasteiger partial charge in [-0.2, -0.15) is 0 Å². The van der Waals surface area contributed by atoms with Gasteiger partial charge in [0.2, 0.25) is 11.8 Å². The third-order valence-corrected chi connectivity index (χ3v) is 6.25. The first kappa shape index (κ1) is 25.1. The van der Waals surface area contributed by atoms with E-state index < -0.39 is 0 Å². The van der Waals surface area contributed by atoms with Gasteiger partial charge in [-0.3, -0.25) is 9.59 Å². The maximum absolute atomic E-state index is 11.9. The minimum absolute atomic E-state index is 0.0970. The number of anilines is 2. The highest BCUT2D eigenvalue weighted by Crippen LogP contribution is 2.15. The van der Waals surface area contributed by atoms with E-state index in [0.717, 1.165) is 44.2 Å². The van der Waals surface area contributed by atoms with E-state index in [-0.39, 0.29) is 11.8 Å². The summed E-state index contributed by atoms with van der Waals surface area (Å²) in [6, 6.07) is 15.7.